The molecule has 3 heterocycles. The Morgan fingerprint density at radius 2 is 1.70 bits per heavy atom. The molecule has 0 aromatic carbocycles. The highest BCUT2D eigenvalue weighted by atomic mass is 32.1. The Labute approximate surface area is 121 Å². The van der Waals surface area contributed by atoms with Gasteiger partial charge in [0.15, 0.2) is 0 Å². The van der Waals surface area contributed by atoms with Crippen LogP contribution in [0.2, 0.25) is 0 Å². The van der Waals surface area contributed by atoms with Crippen LogP contribution in [0.15, 0.2) is 42.9 Å². The lowest BCUT2D eigenvalue weighted by molar-refractivity contribution is 1.24. The van der Waals surface area contributed by atoms with E-state index in [0.29, 0.717) is 0 Å². The van der Waals surface area contributed by atoms with E-state index in [1.165, 1.54) is 0 Å². The number of rotatable bonds is 3. The molecule has 3 aromatic heterocycles. The standard InChI is InChI=1S/C15H14N4S/c1-10-5-3-7-16-13(10)15-18-9-12(20-15)19-14-11(2)6-4-8-17-14/h3-9H,1-2H3,(H,17,19). The van der Waals surface area contributed by atoms with E-state index in [9.17, 15) is 0 Å². The second kappa shape index (κ2) is 5.38. The highest BCUT2D eigenvalue weighted by molar-refractivity contribution is 7.18. The highest BCUT2D eigenvalue weighted by Crippen LogP contribution is 2.30. The van der Waals surface area contributed by atoms with E-state index in [-0.39, 0.29) is 0 Å². The van der Waals surface area contributed by atoms with Crippen molar-refractivity contribution in [2.45, 2.75) is 13.8 Å². The van der Waals surface area contributed by atoms with Crippen LogP contribution >= 0.6 is 11.3 Å². The van der Waals surface area contributed by atoms with Gasteiger partial charge in [0.2, 0.25) is 0 Å². The Bertz CT molecular complexity index is 736. The molecule has 3 aromatic rings. The number of pyridine rings is 2. The van der Waals surface area contributed by atoms with Crippen LogP contribution in [0, 0.1) is 13.8 Å². The van der Waals surface area contributed by atoms with E-state index in [1.807, 2.05) is 44.3 Å². The number of aromatic nitrogens is 3. The number of hydrogen-bond donors (Lipinski definition) is 1. The van der Waals surface area contributed by atoms with E-state index in [2.05, 4.69) is 20.3 Å². The minimum atomic E-state index is 0.862. The summed E-state index contributed by atoms with van der Waals surface area (Å²) in [7, 11) is 0. The molecular weight excluding hydrogens is 268 g/mol. The molecule has 0 atom stereocenters. The van der Waals surface area contributed by atoms with Crippen molar-refractivity contribution in [2.75, 3.05) is 5.32 Å². The summed E-state index contributed by atoms with van der Waals surface area (Å²) in [6.45, 7) is 4.07. The predicted octanol–water partition coefficient (Wildman–Crippen LogP) is 3.96. The summed E-state index contributed by atoms with van der Waals surface area (Å²) < 4.78 is 0. The van der Waals surface area contributed by atoms with Crippen molar-refractivity contribution in [3.05, 3.63) is 54.0 Å². The van der Waals surface area contributed by atoms with Crippen LogP contribution < -0.4 is 5.32 Å². The molecule has 0 saturated carbocycles. The maximum atomic E-state index is 4.44. The first-order chi connectivity index (χ1) is 9.74. The van der Waals surface area contributed by atoms with Crippen molar-refractivity contribution in [1.29, 1.82) is 0 Å². The molecule has 20 heavy (non-hydrogen) atoms. The fourth-order valence-corrected chi connectivity index (χ4v) is 2.76. The predicted molar refractivity (Wildman–Crippen MR) is 82.3 cm³/mol. The summed E-state index contributed by atoms with van der Waals surface area (Å²) in [4.78, 5) is 13.2. The number of nitrogens with zero attached hydrogens (tertiary/aromatic N) is 3. The van der Waals surface area contributed by atoms with Gasteiger partial charge >= 0.3 is 0 Å². The molecule has 3 rings (SSSR count). The minimum Gasteiger partial charge on any atom is -0.330 e. The first-order valence-corrected chi connectivity index (χ1v) is 7.12. The molecule has 100 valence electrons. The molecule has 0 amide bonds. The molecule has 0 aliphatic rings. The number of aryl methyl sites for hydroxylation is 2. The van der Waals surface area contributed by atoms with Crippen molar-refractivity contribution < 1.29 is 0 Å². The van der Waals surface area contributed by atoms with Gasteiger partial charge in [-0.2, -0.15) is 0 Å². The van der Waals surface area contributed by atoms with Crippen molar-refractivity contribution in [1.82, 2.24) is 15.0 Å². The second-order valence-corrected chi connectivity index (χ2v) is 5.52. The molecular formula is C15H14N4S. The van der Waals surface area contributed by atoms with Crippen molar-refractivity contribution in [3.63, 3.8) is 0 Å². The van der Waals surface area contributed by atoms with Gasteiger partial charge in [-0.15, -0.1) is 0 Å². The fraction of sp³-hybridized carbons (Fsp3) is 0.133. The van der Waals surface area contributed by atoms with E-state index in [1.54, 1.807) is 23.7 Å². The molecule has 1 N–H and O–H groups in total. The summed E-state index contributed by atoms with van der Waals surface area (Å²) in [6.07, 6.45) is 5.39. The maximum Gasteiger partial charge on any atom is 0.144 e. The molecule has 0 spiro atoms. The summed E-state index contributed by atoms with van der Waals surface area (Å²) in [5, 5.41) is 5.18. The third kappa shape index (κ3) is 2.53. The lowest BCUT2D eigenvalue weighted by atomic mass is 10.2. The van der Waals surface area contributed by atoms with Gasteiger partial charge in [-0.3, -0.25) is 4.98 Å². The monoisotopic (exact) mass is 282 g/mol. The van der Waals surface area contributed by atoms with Crippen LogP contribution in [-0.4, -0.2) is 15.0 Å². The first kappa shape index (κ1) is 12.7. The van der Waals surface area contributed by atoms with Gasteiger partial charge in [0.05, 0.1) is 6.20 Å². The van der Waals surface area contributed by atoms with Crippen LogP contribution in [0.4, 0.5) is 10.8 Å². The van der Waals surface area contributed by atoms with Gasteiger partial charge in [-0.25, -0.2) is 9.97 Å². The van der Waals surface area contributed by atoms with Crippen LogP contribution in [0.1, 0.15) is 11.1 Å². The SMILES string of the molecule is Cc1cccnc1Nc1cnc(-c2ncccc2C)s1. The zero-order valence-corrected chi connectivity index (χ0v) is 12.1. The average molecular weight is 282 g/mol. The van der Waals surface area contributed by atoms with E-state index >= 15 is 0 Å². The van der Waals surface area contributed by atoms with Gasteiger partial charge in [-0.05, 0) is 37.1 Å². The van der Waals surface area contributed by atoms with Crippen molar-refractivity contribution in [2.24, 2.45) is 0 Å². The third-order valence-electron chi connectivity index (χ3n) is 2.97. The van der Waals surface area contributed by atoms with Crippen LogP contribution in [0.3, 0.4) is 0 Å². The summed E-state index contributed by atoms with van der Waals surface area (Å²) in [5.41, 5.74) is 3.17. The van der Waals surface area contributed by atoms with Gasteiger partial charge in [0.1, 0.15) is 21.5 Å². The summed E-state index contributed by atoms with van der Waals surface area (Å²) in [5.74, 6) is 0.862. The Morgan fingerprint density at radius 1 is 0.950 bits per heavy atom. The summed E-state index contributed by atoms with van der Waals surface area (Å²) >= 11 is 1.58. The molecule has 0 bridgehead atoms. The second-order valence-electron chi connectivity index (χ2n) is 4.49. The number of hydrogen-bond acceptors (Lipinski definition) is 5. The summed E-state index contributed by atoms with van der Waals surface area (Å²) in [6, 6.07) is 7.93. The average Bonchev–Trinajstić information content (AvgIpc) is 2.90. The lowest BCUT2D eigenvalue weighted by Gasteiger charge is -2.04. The van der Waals surface area contributed by atoms with Gasteiger partial charge in [-0.1, -0.05) is 23.5 Å². The Kier molecular flexibility index (Phi) is 3.43. The van der Waals surface area contributed by atoms with Crippen LogP contribution in [0.5, 0.6) is 0 Å². The number of anilines is 2. The van der Waals surface area contributed by atoms with Crippen LogP contribution in [0.25, 0.3) is 10.7 Å². The maximum absolute atomic E-state index is 4.44. The molecule has 0 aliphatic carbocycles. The molecule has 5 heteroatoms. The smallest absolute Gasteiger partial charge is 0.144 e. The van der Waals surface area contributed by atoms with E-state index < -0.39 is 0 Å². The minimum absolute atomic E-state index is 0.862. The zero-order chi connectivity index (χ0) is 13.9. The largest absolute Gasteiger partial charge is 0.330 e. The van der Waals surface area contributed by atoms with E-state index in [4.69, 9.17) is 0 Å². The Balaban J connectivity index is 1.88. The molecule has 0 radical (unpaired) electrons. The number of nitrogens with one attached hydrogen (secondary N) is 1. The Hall–Kier alpha value is -2.27. The molecule has 0 aliphatic heterocycles. The molecule has 0 saturated heterocycles. The molecule has 4 nitrogen and oxygen atoms in total. The normalized spacial score (nSPS) is 10.5. The molecule has 0 unspecified atom stereocenters. The quantitative estimate of drug-likeness (QED) is 0.790. The van der Waals surface area contributed by atoms with Gasteiger partial charge < -0.3 is 5.32 Å². The topological polar surface area (TPSA) is 50.7 Å². The van der Waals surface area contributed by atoms with Gasteiger partial charge in [0, 0.05) is 12.4 Å². The molecule has 0 fully saturated rings. The third-order valence-corrected chi connectivity index (χ3v) is 3.89. The van der Waals surface area contributed by atoms with Crippen molar-refractivity contribution >= 4 is 22.2 Å². The van der Waals surface area contributed by atoms with Crippen molar-refractivity contribution in [3.8, 4) is 10.7 Å². The fourth-order valence-electron chi connectivity index (χ4n) is 1.88. The lowest BCUT2D eigenvalue weighted by Crippen LogP contribution is -1.93. The Morgan fingerprint density at radius 3 is 2.45 bits per heavy atom. The zero-order valence-electron chi connectivity index (χ0n) is 11.3. The van der Waals surface area contributed by atoms with Gasteiger partial charge in [0.25, 0.3) is 0 Å². The number of thiazole rings is 1. The van der Waals surface area contributed by atoms with Crippen LogP contribution in [-0.2, 0) is 0 Å². The highest BCUT2D eigenvalue weighted by Gasteiger charge is 2.09. The first-order valence-electron chi connectivity index (χ1n) is 6.30. The van der Waals surface area contributed by atoms with E-state index in [0.717, 1.165) is 32.6 Å².